The number of ether oxygens (including phenoxy) is 1. The number of methoxy groups -OCH3 is 1. The van der Waals surface area contributed by atoms with Crippen molar-refractivity contribution < 1.29 is 4.74 Å². The van der Waals surface area contributed by atoms with E-state index in [1.807, 2.05) is 32.0 Å². The minimum absolute atomic E-state index is 0.0690. The van der Waals surface area contributed by atoms with Crippen molar-refractivity contribution in [3.63, 3.8) is 0 Å². The molecule has 0 aliphatic heterocycles. The van der Waals surface area contributed by atoms with Gasteiger partial charge in [-0.3, -0.25) is 0 Å². The third-order valence-corrected chi connectivity index (χ3v) is 1.96. The minimum atomic E-state index is 0.0690. The molecule has 1 atom stereocenters. The zero-order chi connectivity index (χ0) is 9.14. The van der Waals surface area contributed by atoms with Gasteiger partial charge in [-0.1, -0.05) is 12.1 Å². The minimum Gasteiger partial charge on any atom is -0.496 e. The van der Waals surface area contributed by atoms with Crippen LogP contribution in [0.2, 0.25) is 0 Å². The molecule has 0 heterocycles. The second kappa shape index (κ2) is 3.59. The van der Waals surface area contributed by atoms with Crippen LogP contribution >= 0.6 is 0 Å². The van der Waals surface area contributed by atoms with Gasteiger partial charge in [-0.2, -0.15) is 0 Å². The highest BCUT2D eigenvalue weighted by Crippen LogP contribution is 2.21. The second-order valence-corrected chi connectivity index (χ2v) is 3.02. The van der Waals surface area contributed by atoms with Crippen LogP contribution in [0.15, 0.2) is 18.2 Å². The Morgan fingerprint density at radius 1 is 1.42 bits per heavy atom. The van der Waals surface area contributed by atoms with Gasteiger partial charge in [-0.15, -0.1) is 0 Å². The summed E-state index contributed by atoms with van der Waals surface area (Å²) in [6, 6.07) is 6.11. The van der Waals surface area contributed by atoms with Crippen LogP contribution in [-0.2, 0) is 0 Å². The molecule has 2 nitrogen and oxygen atoms in total. The van der Waals surface area contributed by atoms with Gasteiger partial charge in [0.25, 0.3) is 0 Å². The van der Waals surface area contributed by atoms with E-state index < -0.39 is 0 Å². The molecule has 1 aromatic carbocycles. The molecule has 0 saturated carbocycles. The lowest BCUT2D eigenvalue weighted by atomic mass is 10.1. The molecule has 0 aliphatic carbocycles. The Kier molecular flexibility index (Phi) is 2.71. The molecule has 0 fully saturated rings. The monoisotopic (exact) mass is 165 g/mol. The normalized spacial score (nSPS) is 12.7. The molecule has 0 aliphatic rings. The van der Waals surface area contributed by atoms with E-state index in [0.717, 1.165) is 16.9 Å². The maximum atomic E-state index is 5.73. The van der Waals surface area contributed by atoms with Crippen LogP contribution in [-0.4, -0.2) is 7.11 Å². The smallest absolute Gasteiger partial charge is 0.122 e. The highest BCUT2D eigenvalue weighted by atomic mass is 16.5. The summed E-state index contributed by atoms with van der Waals surface area (Å²) in [4.78, 5) is 0. The first-order valence-electron chi connectivity index (χ1n) is 4.05. The van der Waals surface area contributed by atoms with Gasteiger partial charge < -0.3 is 10.5 Å². The quantitative estimate of drug-likeness (QED) is 0.727. The summed E-state index contributed by atoms with van der Waals surface area (Å²) in [5, 5.41) is 0. The Balaban J connectivity index is 3.05. The fourth-order valence-corrected chi connectivity index (χ4v) is 1.12. The molecule has 0 spiro atoms. The maximum absolute atomic E-state index is 5.73. The molecule has 0 saturated heterocycles. The van der Waals surface area contributed by atoms with Crippen LogP contribution in [0.25, 0.3) is 0 Å². The van der Waals surface area contributed by atoms with Gasteiger partial charge in [-0.25, -0.2) is 0 Å². The molecule has 12 heavy (non-hydrogen) atoms. The molecule has 0 radical (unpaired) electrons. The Morgan fingerprint density at radius 3 is 2.58 bits per heavy atom. The lowest BCUT2D eigenvalue weighted by molar-refractivity contribution is 0.411. The fraction of sp³-hybridized carbons (Fsp3) is 0.400. The van der Waals surface area contributed by atoms with E-state index in [2.05, 4.69) is 0 Å². The van der Waals surface area contributed by atoms with E-state index in [1.165, 1.54) is 0 Å². The Labute approximate surface area is 73.3 Å². The summed E-state index contributed by atoms with van der Waals surface area (Å²) in [6.45, 7) is 3.98. The number of hydrogen-bond acceptors (Lipinski definition) is 2. The Morgan fingerprint density at radius 2 is 2.08 bits per heavy atom. The molecular formula is C10H15NO. The summed E-state index contributed by atoms with van der Waals surface area (Å²) in [6.07, 6.45) is 0. The highest BCUT2D eigenvalue weighted by molar-refractivity contribution is 5.37. The number of benzene rings is 1. The molecule has 2 heteroatoms. The van der Waals surface area contributed by atoms with Gasteiger partial charge >= 0.3 is 0 Å². The predicted molar refractivity (Wildman–Crippen MR) is 50.3 cm³/mol. The average molecular weight is 165 g/mol. The SMILES string of the molecule is COc1cc(C(C)N)ccc1C. The van der Waals surface area contributed by atoms with Gasteiger partial charge in [0.2, 0.25) is 0 Å². The molecule has 0 aromatic heterocycles. The zero-order valence-electron chi connectivity index (χ0n) is 7.79. The maximum Gasteiger partial charge on any atom is 0.122 e. The van der Waals surface area contributed by atoms with E-state index in [-0.39, 0.29) is 6.04 Å². The summed E-state index contributed by atoms with van der Waals surface area (Å²) in [5.41, 5.74) is 7.98. The van der Waals surface area contributed by atoms with Crippen molar-refractivity contribution in [1.82, 2.24) is 0 Å². The topological polar surface area (TPSA) is 35.2 Å². The van der Waals surface area contributed by atoms with Crippen LogP contribution in [0.5, 0.6) is 5.75 Å². The molecule has 1 rings (SSSR count). The number of aryl methyl sites for hydroxylation is 1. The number of rotatable bonds is 2. The molecule has 2 N–H and O–H groups in total. The largest absolute Gasteiger partial charge is 0.496 e. The molecule has 1 aromatic rings. The highest BCUT2D eigenvalue weighted by Gasteiger charge is 2.02. The molecule has 66 valence electrons. The van der Waals surface area contributed by atoms with Crippen molar-refractivity contribution in [3.8, 4) is 5.75 Å². The van der Waals surface area contributed by atoms with E-state index >= 15 is 0 Å². The molecule has 0 amide bonds. The number of nitrogens with two attached hydrogens (primary N) is 1. The summed E-state index contributed by atoms with van der Waals surface area (Å²) < 4.78 is 5.18. The third kappa shape index (κ3) is 1.77. The first kappa shape index (κ1) is 9.07. The standard InChI is InChI=1S/C10H15NO/c1-7-4-5-9(8(2)11)6-10(7)12-3/h4-6,8H,11H2,1-3H3. The van der Waals surface area contributed by atoms with Crippen LogP contribution in [0.3, 0.4) is 0 Å². The summed E-state index contributed by atoms with van der Waals surface area (Å²) in [7, 11) is 1.67. The molecular weight excluding hydrogens is 150 g/mol. The molecule has 1 unspecified atom stereocenters. The Hall–Kier alpha value is -1.02. The predicted octanol–water partition coefficient (Wildman–Crippen LogP) is 2.02. The van der Waals surface area contributed by atoms with Crippen molar-refractivity contribution in [1.29, 1.82) is 0 Å². The van der Waals surface area contributed by atoms with Gasteiger partial charge in [0.1, 0.15) is 5.75 Å². The fourth-order valence-electron chi connectivity index (χ4n) is 1.12. The first-order chi connectivity index (χ1) is 5.65. The number of hydrogen-bond donors (Lipinski definition) is 1. The van der Waals surface area contributed by atoms with Gasteiger partial charge in [0.05, 0.1) is 7.11 Å². The molecule has 0 bridgehead atoms. The second-order valence-electron chi connectivity index (χ2n) is 3.02. The summed E-state index contributed by atoms with van der Waals surface area (Å²) in [5.74, 6) is 0.907. The van der Waals surface area contributed by atoms with Crippen LogP contribution in [0, 0.1) is 6.92 Å². The van der Waals surface area contributed by atoms with Crippen molar-refractivity contribution in [2.45, 2.75) is 19.9 Å². The van der Waals surface area contributed by atoms with Crippen LogP contribution in [0.1, 0.15) is 24.1 Å². The van der Waals surface area contributed by atoms with Crippen molar-refractivity contribution in [2.24, 2.45) is 5.73 Å². The first-order valence-corrected chi connectivity index (χ1v) is 4.05. The van der Waals surface area contributed by atoms with Gasteiger partial charge in [-0.05, 0) is 31.0 Å². The van der Waals surface area contributed by atoms with Gasteiger partial charge in [0.15, 0.2) is 0 Å². The van der Waals surface area contributed by atoms with Crippen molar-refractivity contribution >= 4 is 0 Å². The van der Waals surface area contributed by atoms with E-state index in [0.29, 0.717) is 0 Å². The lowest BCUT2D eigenvalue weighted by Crippen LogP contribution is -2.05. The third-order valence-electron chi connectivity index (χ3n) is 1.96. The zero-order valence-corrected chi connectivity index (χ0v) is 7.79. The van der Waals surface area contributed by atoms with Gasteiger partial charge in [0, 0.05) is 6.04 Å². The van der Waals surface area contributed by atoms with Crippen LogP contribution in [0.4, 0.5) is 0 Å². The van der Waals surface area contributed by atoms with E-state index in [1.54, 1.807) is 7.11 Å². The summed E-state index contributed by atoms with van der Waals surface area (Å²) >= 11 is 0. The Bertz CT molecular complexity index is 269. The van der Waals surface area contributed by atoms with E-state index in [9.17, 15) is 0 Å². The van der Waals surface area contributed by atoms with Crippen molar-refractivity contribution in [2.75, 3.05) is 7.11 Å². The lowest BCUT2D eigenvalue weighted by Gasteiger charge is -2.09. The van der Waals surface area contributed by atoms with E-state index in [4.69, 9.17) is 10.5 Å². The van der Waals surface area contributed by atoms with Crippen molar-refractivity contribution in [3.05, 3.63) is 29.3 Å². The average Bonchev–Trinajstić information content (AvgIpc) is 2.05. The van der Waals surface area contributed by atoms with Crippen LogP contribution < -0.4 is 10.5 Å².